The maximum atomic E-state index is 12.5. The molecule has 1 aromatic heterocycles. The summed E-state index contributed by atoms with van der Waals surface area (Å²) in [4.78, 5) is 18.2. The Bertz CT molecular complexity index is 912. The summed E-state index contributed by atoms with van der Waals surface area (Å²) in [5.74, 6) is 0.626. The number of hydrogen-bond donors (Lipinski definition) is 1. The van der Waals surface area contributed by atoms with E-state index in [0.29, 0.717) is 11.6 Å². The van der Waals surface area contributed by atoms with E-state index in [0.717, 1.165) is 31.9 Å². The molecule has 1 aliphatic rings. The maximum absolute atomic E-state index is 12.5. The highest BCUT2D eigenvalue weighted by atomic mass is 79.9. The predicted molar refractivity (Wildman–Crippen MR) is 103 cm³/mol. The molecular formula is C19H15BrN2O2S. The third-order valence-electron chi connectivity index (χ3n) is 4.08. The average Bonchev–Trinajstić information content (AvgIpc) is 3.19. The standard InChI is InChI=1S/C19H15BrN2O2S/c1-11-17(12-6-8-14(20)9-7-12)21-19(25-11)22-18(23)16-10-13-4-2-3-5-15(13)24-16/h2-9,16H,10H2,1H3,(H,21,22,23). The van der Waals surface area contributed by atoms with E-state index in [4.69, 9.17) is 4.74 Å². The van der Waals surface area contributed by atoms with Crippen LogP contribution in [0.4, 0.5) is 5.13 Å². The minimum absolute atomic E-state index is 0.160. The molecule has 0 saturated heterocycles. The van der Waals surface area contributed by atoms with Crippen molar-refractivity contribution in [3.05, 3.63) is 63.4 Å². The normalized spacial score (nSPS) is 15.5. The van der Waals surface area contributed by atoms with Gasteiger partial charge in [-0.25, -0.2) is 4.98 Å². The molecule has 0 bridgehead atoms. The van der Waals surface area contributed by atoms with Gasteiger partial charge in [0.05, 0.1) is 5.69 Å². The molecule has 1 atom stereocenters. The predicted octanol–water partition coefficient (Wildman–Crippen LogP) is 4.82. The molecule has 3 aromatic rings. The highest BCUT2D eigenvalue weighted by Gasteiger charge is 2.29. The van der Waals surface area contributed by atoms with Crippen molar-refractivity contribution in [2.45, 2.75) is 19.4 Å². The van der Waals surface area contributed by atoms with Gasteiger partial charge >= 0.3 is 0 Å². The molecule has 25 heavy (non-hydrogen) atoms. The van der Waals surface area contributed by atoms with Crippen LogP contribution in [0.1, 0.15) is 10.4 Å². The molecule has 4 nitrogen and oxygen atoms in total. The number of carbonyl (C=O) groups is 1. The number of nitrogens with one attached hydrogen (secondary N) is 1. The van der Waals surface area contributed by atoms with E-state index in [1.54, 1.807) is 0 Å². The SMILES string of the molecule is Cc1sc(NC(=O)C2Cc3ccccc3O2)nc1-c1ccc(Br)cc1. The molecule has 1 unspecified atom stereocenters. The number of aryl methyl sites for hydroxylation is 1. The number of rotatable bonds is 3. The van der Waals surface area contributed by atoms with Crippen LogP contribution in [0, 0.1) is 6.92 Å². The first-order chi connectivity index (χ1) is 12.1. The fraction of sp³-hybridized carbons (Fsp3) is 0.158. The molecule has 4 rings (SSSR count). The molecule has 0 saturated carbocycles. The first-order valence-electron chi connectivity index (χ1n) is 7.89. The zero-order valence-corrected chi connectivity index (χ0v) is 15.9. The summed E-state index contributed by atoms with van der Waals surface area (Å²) in [6.45, 7) is 2.01. The van der Waals surface area contributed by atoms with Gasteiger partial charge in [0.2, 0.25) is 0 Å². The molecule has 1 aliphatic heterocycles. The lowest BCUT2D eigenvalue weighted by molar-refractivity contribution is -0.122. The Hall–Kier alpha value is -2.18. The molecule has 0 fully saturated rings. The van der Waals surface area contributed by atoms with Crippen molar-refractivity contribution < 1.29 is 9.53 Å². The molecular weight excluding hydrogens is 400 g/mol. The van der Waals surface area contributed by atoms with Crippen molar-refractivity contribution in [2.24, 2.45) is 0 Å². The molecule has 1 amide bonds. The van der Waals surface area contributed by atoms with Crippen LogP contribution in [0.15, 0.2) is 53.0 Å². The minimum atomic E-state index is -0.502. The Morgan fingerprint density at radius 3 is 2.76 bits per heavy atom. The first-order valence-corrected chi connectivity index (χ1v) is 9.50. The summed E-state index contributed by atoms with van der Waals surface area (Å²) < 4.78 is 6.76. The van der Waals surface area contributed by atoms with Gasteiger partial charge in [-0.1, -0.05) is 46.3 Å². The Kier molecular flexibility index (Phi) is 4.31. The summed E-state index contributed by atoms with van der Waals surface area (Å²) in [6, 6.07) is 15.7. The number of halogens is 1. The van der Waals surface area contributed by atoms with E-state index in [1.165, 1.54) is 11.3 Å². The van der Waals surface area contributed by atoms with Gasteiger partial charge in [-0.2, -0.15) is 0 Å². The number of nitrogens with zero attached hydrogens (tertiary/aromatic N) is 1. The van der Waals surface area contributed by atoms with Crippen LogP contribution < -0.4 is 10.1 Å². The third kappa shape index (κ3) is 3.32. The molecule has 6 heteroatoms. The number of amides is 1. The second-order valence-corrected chi connectivity index (χ2v) is 7.96. The molecule has 1 N–H and O–H groups in total. The quantitative estimate of drug-likeness (QED) is 0.667. The van der Waals surface area contributed by atoms with Crippen LogP contribution >= 0.6 is 27.3 Å². The van der Waals surface area contributed by atoms with Crippen molar-refractivity contribution in [1.82, 2.24) is 4.98 Å². The molecule has 0 aliphatic carbocycles. The van der Waals surface area contributed by atoms with Crippen molar-refractivity contribution in [3.8, 4) is 17.0 Å². The van der Waals surface area contributed by atoms with Crippen molar-refractivity contribution >= 4 is 38.3 Å². The second-order valence-electron chi connectivity index (χ2n) is 5.84. The van der Waals surface area contributed by atoms with Crippen molar-refractivity contribution in [3.63, 3.8) is 0 Å². The Balaban J connectivity index is 1.49. The van der Waals surface area contributed by atoms with Crippen LogP contribution in [-0.4, -0.2) is 17.0 Å². The lowest BCUT2D eigenvalue weighted by Gasteiger charge is -2.09. The van der Waals surface area contributed by atoms with E-state index >= 15 is 0 Å². The van der Waals surface area contributed by atoms with Crippen molar-refractivity contribution in [2.75, 3.05) is 5.32 Å². The van der Waals surface area contributed by atoms with Gasteiger partial charge in [0.1, 0.15) is 5.75 Å². The maximum Gasteiger partial charge on any atom is 0.267 e. The topological polar surface area (TPSA) is 51.2 Å². The van der Waals surface area contributed by atoms with Gasteiger partial charge in [0.25, 0.3) is 5.91 Å². The minimum Gasteiger partial charge on any atom is -0.480 e. The first kappa shape index (κ1) is 16.3. The number of ether oxygens (including phenoxy) is 1. The summed E-state index contributed by atoms with van der Waals surface area (Å²) in [5, 5.41) is 3.49. The number of hydrogen-bond acceptors (Lipinski definition) is 4. The van der Waals surface area contributed by atoms with Gasteiger partial charge in [-0.3, -0.25) is 10.1 Å². The third-order valence-corrected chi connectivity index (χ3v) is 5.50. The van der Waals surface area contributed by atoms with Crippen LogP contribution in [0.5, 0.6) is 5.75 Å². The summed E-state index contributed by atoms with van der Waals surface area (Å²) in [5.41, 5.74) is 2.99. The second kappa shape index (κ2) is 6.61. The van der Waals surface area contributed by atoms with Gasteiger partial charge in [0.15, 0.2) is 11.2 Å². The highest BCUT2D eigenvalue weighted by Crippen LogP contribution is 2.32. The Morgan fingerprint density at radius 1 is 1.24 bits per heavy atom. The summed E-state index contributed by atoms with van der Waals surface area (Å²) >= 11 is 4.91. The summed E-state index contributed by atoms with van der Waals surface area (Å²) in [6.07, 6.45) is 0.0871. The number of anilines is 1. The summed E-state index contributed by atoms with van der Waals surface area (Å²) in [7, 11) is 0. The Labute approximate surface area is 158 Å². The van der Waals surface area contributed by atoms with Crippen molar-refractivity contribution in [1.29, 1.82) is 0 Å². The Morgan fingerprint density at radius 2 is 2.00 bits per heavy atom. The van der Waals surface area contributed by atoms with E-state index < -0.39 is 6.10 Å². The molecule has 2 heterocycles. The van der Waals surface area contributed by atoms with Gasteiger partial charge in [-0.05, 0) is 30.7 Å². The van der Waals surface area contributed by atoms with Gasteiger partial charge < -0.3 is 4.74 Å². The fourth-order valence-corrected chi connectivity index (χ4v) is 3.94. The number of thiazole rings is 1. The van der Waals surface area contributed by atoms with Gasteiger partial charge in [0, 0.05) is 21.3 Å². The molecule has 126 valence electrons. The zero-order valence-electron chi connectivity index (χ0n) is 13.5. The monoisotopic (exact) mass is 414 g/mol. The lowest BCUT2D eigenvalue weighted by atomic mass is 10.1. The molecule has 2 aromatic carbocycles. The number of para-hydroxylation sites is 1. The number of aromatic nitrogens is 1. The van der Waals surface area contributed by atoms with Gasteiger partial charge in [-0.15, -0.1) is 11.3 Å². The van der Waals surface area contributed by atoms with Crippen LogP contribution in [0.25, 0.3) is 11.3 Å². The number of fused-ring (bicyclic) bond motifs is 1. The van der Waals surface area contributed by atoms with Crippen LogP contribution in [0.2, 0.25) is 0 Å². The van der Waals surface area contributed by atoms with E-state index in [2.05, 4.69) is 26.2 Å². The van der Waals surface area contributed by atoms with E-state index in [9.17, 15) is 4.79 Å². The van der Waals surface area contributed by atoms with E-state index in [1.807, 2.05) is 55.5 Å². The van der Waals surface area contributed by atoms with Crippen LogP contribution in [0.3, 0.4) is 0 Å². The lowest BCUT2D eigenvalue weighted by Crippen LogP contribution is -2.31. The molecule has 0 spiro atoms. The largest absolute Gasteiger partial charge is 0.480 e. The molecule has 0 radical (unpaired) electrons. The number of benzene rings is 2. The van der Waals surface area contributed by atoms with E-state index in [-0.39, 0.29) is 5.91 Å². The smallest absolute Gasteiger partial charge is 0.267 e. The average molecular weight is 415 g/mol. The van der Waals surface area contributed by atoms with Crippen LogP contribution in [-0.2, 0) is 11.2 Å². The highest BCUT2D eigenvalue weighted by molar-refractivity contribution is 9.10. The number of carbonyl (C=O) groups excluding carboxylic acids is 1. The fourth-order valence-electron chi connectivity index (χ4n) is 2.84. The zero-order chi connectivity index (χ0) is 17.4.